The second-order valence-electron chi connectivity index (χ2n) is 4.25. The lowest BCUT2D eigenvalue weighted by atomic mass is 10.1. The molecule has 0 fully saturated rings. The number of hydrogen-bond acceptors (Lipinski definition) is 4. The number of para-hydroxylation sites is 1. The Morgan fingerprint density at radius 3 is 2.84 bits per heavy atom. The molecule has 0 spiro atoms. The number of furan rings is 1. The van der Waals surface area contributed by atoms with E-state index in [9.17, 15) is 5.11 Å². The molecule has 1 unspecified atom stereocenters. The maximum Gasteiger partial charge on any atom is 0.138 e. The molecule has 2 aromatic heterocycles. The molecule has 2 heterocycles. The third kappa shape index (κ3) is 2.18. The molecule has 4 nitrogen and oxygen atoms in total. The third-order valence-electron chi connectivity index (χ3n) is 3.00. The van der Waals surface area contributed by atoms with Crippen LogP contribution in [0.15, 0.2) is 53.2 Å². The molecule has 96 valence electrons. The fraction of sp³-hybridized carbons (Fsp3) is 0.133. The van der Waals surface area contributed by atoms with Gasteiger partial charge < -0.3 is 14.3 Å². The van der Waals surface area contributed by atoms with Crippen LogP contribution in [0, 0.1) is 0 Å². The van der Waals surface area contributed by atoms with E-state index in [1.165, 1.54) is 0 Å². The maximum atomic E-state index is 10.3. The van der Waals surface area contributed by atoms with Gasteiger partial charge in [-0.3, -0.25) is 4.98 Å². The highest BCUT2D eigenvalue weighted by molar-refractivity contribution is 5.77. The van der Waals surface area contributed by atoms with E-state index >= 15 is 0 Å². The van der Waals surface area contributed by atoms with Crippen LogP contribution < -0.4 is 4.74 Å². The van der Waals surface area contributed by atoms with E-state index < -0.39 is 6.10 Å². The molecule has 0 aliphatic rings. The molecule has 1 N–H and O–H groups in total. The molecule has 1 aromatic carbocycles. The first-order valence-corrected chi connectivity index (χ1v) is 5.93. The topological polar surface area (TPSA) is 55.5 Å². The highest BCUT2D eigenvalue weighted by Gasteiger charge is 2.16. The molecule has 3 rings (SSSR count). The minimum atomic E-state index is -0.852. The van der Waals surface area contributed by atoms with Crippen molar-refractivity contribution in [2.75, 3.05) is 7.11 Å². The minimum Gasteiger partial charge on any atom is -0.495 e. The largest absolute Gasteiger partial charge is 0.495 e. The number of ether oxygens (including phenoxy) is 1. The van der Waals surface area contributed by atoms with Crippen LogP contribution in [0.2, 0.25) is 0 Å². The van der Waals surface area contributed by atoms with Crippen LogP contribution in [0.25, 0.3) is 11.0 Å². The fourth-order valence-corrected chi connectivity index (χ4v) is 2.00. The summed E-state index contributed by atoms with van der Waals surface area (Å²) in [4.78, 5) is 4.03. The van der Waals surface area contributed by atoms with Crippen molar-refractivity contribution in [2.24, 2.45) is 0 Å². The molecule has 4 heteroatoms. The van der Waals surface area contributed by atoms with Crippen molar-refractivity contribution in [3.05, 3.63) is 60.1 Å². The quantitative estimate of drug-likeness (QED) is 0.781. The molecule has 3 aromatic rings. The summed E-state index contributed by atoms with van der Waals surface area (Å²) in [6.07, 6.45) is 2.34. The van der Waals surface area contributed by atoms with Gasteiger partial charge in [0.25, 0.3) is 0 Å². The van der Waals surface area contributed by atoms with Crippen molar-refractivity contribution in [3.8, 4) is 5.75 Å². The molecule has 0 bridgehead atoms. The van der Waals surface area contributed by atoms with E-state index in [0.717, 1.165) is 11.0 Å². The number of rotatable bonds is 3. The molecule has 0 aliphatic heterocycles. The number of pyridine rings is 1. The van der Waals surface area contributed by atoms with E-state index in [4.69, 9.17) is 9.15 Å². The number of hydrogen-bond donors (Lipinski definition) is 1. The lowest BCUT2D eigenvalue weighted by molar-refractivity contribution is 0.191. The SMILES string of the molecule is COc1cncc(C(O)c2cc3ccccc3o2)c1. The Hall–Kier alpha value is -2.33. The van der Waals surface area contributed by atoms with Crippen molar-refractivity contribution < 1.29 is 14.3 Å². The summed E-state index contributed by atoms with van der Waals surface area (Å²) in [5.41, 5.74) is 1.39. The van der Waals surface area contributed by atoms with Crippen LogP contribution in [0.3, 0.4) is 0 Å². The smallest absolute Gasteiger partial charge is 0.138 e. The van der Waals surface area contributed by atoms with Crippen LogP contribution >= 0.6 is 0 Å². The molecule has 0 amide bonds. The average molecular weight is 255 g/mol. The van der Waals surface area contributed by atoms with E-state index in [2.05, 4.69) is 4.98 Å². The minimum absolute atomic E-state index is 0.497. The Kier molecular flexibility index (Phi) is 2.93. The summed E-state index contributed by atoms with van der Waals surface area (Å²) in [5.74, 6) is 1.10. The van der Waals surface area contributed by atoms with E-state index in [-0.39, 0.29) is 0 Å². The second kappa shape index (κ2) is 4.74. The Labute approximate surface area is 110 Å². The zero-order valence-corrected chi connectivity index (χ0v) is 10.4. The van der Waals surface area contributed by atoms with Gasteiger partial charge >= 0.3 is 0 Å². The lowest BCUT2D eigenvalue weighted by Gasteiger charge is -2.08. The van der Waals surface area contributed by atoms with Crippen LogP contribution in [-0.2, 0) is 0 Å². The lowest BCUT2D eigenvalue weighted by Crippen LogP contribution is -1.99. The summed E-state index contributed by atoms with van der Waals surface area (Å²) in [6, 6.07) is 11.2. The summed E-state index contributed by atoms with van der Waals surface area (Å²) in [5, 5.41) is 11.3. The van der Waals surface area contributed by atoms with Crippen LogP contribution in [0.1, 0.15) is 17.4 Å². The van der Waals surface area contributed by atoms with E-state index in [1.807, 2.05) is 30.3 Å². The predicted molar refractivity (Wildman–Crippen MR) is 71.1 cm³/mol. The standard InChI is InChI=1S/C15H13NO3/c1-18-12-6-11(8-16-9-12)15(17)14-7-10-4-2-3-5-13(10)19-14/h2-9,15,17H,1H3. The van der Waals surface area contributed by atoms with Gasteiger partial charge in [-0.05, 0) is 18.2 Å². The van der Waals surface area contributed by atoms with Gasteiger partial charge in [0, 0.05) is 17.1 Å². The molecule has 0 radical (unpaired) electrons. The zero-order valence-electron chi connectivity index (χ0n) is 10.4. The number of aromatic nitrogens is 1. The van der Waals surface area contributed by atoms with Gasteiger partial charge in [0.05, 0.1) is 13.3 Å². The maximum absolute atomic E-state index is 10.3. The van der Waals surface area contributed by atoms with Crippen molar-refractivity contribution in [2.45, 2.75) is 6.10 Å². The highest BCUT2D eigenvalue weighted by atomic mass is 16.5. The van der Waals surface area contributed by atoms with Crippen LogP contribution in [0.5, 0.6) is 5.75 Å². The molecular weight excluding hydrogens is 242 g/mol. The van der Waals surface area contributed by atoms with E-state index in [1.54, 1.807) is 25.6 Å². The van der Waals surface area contributed by atoms with Crippen molar-refractivity contribution >= 4 is 11.0 Å². The second-order valence-corrected chi connectivity index (χ2v) is 4.25. The normalized spacial score (nSPS) is 12.5. The predicted octanol–water partition coefficient (Wildman–Crippen LogP) is 2.92. The van der Waals surface area contributed by atoms with Gasteiger partial charge in [-0.25, -0.2) is 0 Å². The number of fused-ring (bicyclic) bond motifs is 1. The first kappa shape index (κ1) is 11.7. The van der Waals surface area contributed by atoms with Crippen molar-refractivity contribution in [1.29, 1.82) is 0 Å². The van der Waals surface area contributed by atoms with Gasteiger partial charge in [0.1, 0.15) is 23.2 Å². The van der Waals surface area contributed by atoms with Crippen molar-refractivity contribution in [1.82, 2.24) is 4.98 Å². The molecule has 0 saturated heterocycles. The zero-order chi connectivity index (χ0) is 13.2. The Balaban J connectivity index is 2.00. The molecule has 0 saturated carbocycles. The molecule has 19 heavy (non-hydrogen) atoms. The highest BCUT2D eigenvalue weighted by Crippen LogP contribution is 2.28. The van der Waals surface area contributed by atoms with Crippen molar-refractivity contribution in [3.63, 3.8) is 0 Å². The Morgan fingerprint density at radius 2 is 2.05 bits per heavy atom. The molecule has 1 atom stereocenters. The van der Waals surface area contributed by atoms with Gasteiger partial charge in [-0.2, -0.15) is 0 Å². The summed E-state index contributed by atoms with van der Waals surface area (Å²) in [6.45, 7) is 0. The van der Waals surface area contributed by atoms with Crippen LogP contribution in [0.4, 0.5) is 0 Å². The van der Waals surface area contributed by atoms with Gasteiger partial charge in [-0.1, -0.05) is 18.2 Å². The molecular formula is C15H13NO3. The number of methoxy groups -OCH3 is 1. The van der Waals surface area contributed by atoms with E-state index in [0.29, 0.717) is 17.1 Å². The van der Waals surface area contributed by atoms with Crippen LogP contribution in [-0.4, -0.2) is 17.2 Å². The average Bonchev–Trinajstić information content (AvgIpc) is 2.90. The number of benzene rings is 1. The summed E-state index contributed by atoms with van der Waals surface area (Å²) >= 11 is 0. The molecule has 0 aliphatic carbocycles. The Morgan fingerprint density at radius 1 is 1.21 bits per heavy atom. The number of nitrogens with zero attached hydrogens (tertiary/aromatic N) is 1. The monoisotopic (exact) mass is 255 g/mol. The first-order valence-electron chi connectivity index (χ1n) is 5.93. The van der Waals surface area contributed by atoms with Gasteiger partial charge in [0.2, 0.25) is 0 Å². The first-order chi connectivity index (χ1) is 9.28. The third-order valence-corrected chi connectivity index (χ3v) is 3.00. The fourth-order valence-electron chi connectivity index (χ4n) is 2.00. The Bertz CT molecular complexity index is 672. The number of aliphatic hydroxyl groups is 1. The summed E-state index contributed by atoms with van der Waals surface area (Å²) < 4.78 is 10.7. The van der Waals surface area contributed by atoms with Gasteiger partial charge in [0.15, 0.2) is 0 Å². The van der Waals surface area contributed by atoms with Gasteiger partial charge in [-0.15, -0.1) is 0 Å². The summed E-state index contributed by atoms with van der Waals surface area (Å²) in [7, 11) is 1.56. The number of aliphatic hydroxyl groups excluding tert-OH is 1.